The van der Waals surface area contributed by atoms with Crippen LogP contribution in [-0.2, 0) is 0 Å². The first-order chi connectivity index (χ1) is 10.9. The number of benzene rings is 1. The van der Waals surface area contributed by atoms with Crippen LogP contribution in [0, 0.1) is 5.41 Å². The molecule has 1 aromatic heterocycles. The molecule has 1 saturated carbocycles. The Morgan fingerprint density at radius 1 is 1.13 bits per heavy atom. The molecule has 3 N–H and O–H groups in total. The van der Waals surface area contributed by atoms with Crippen LogP contribution in [0.4, 0.5) is 5.69 Å². The van der Waals surface area contributed by atoms with Crippen molar-refractivity contribution in [2.45, 2.75) is 71.5 Å². The summed E-state index contributed by atoms with van der Waals surface area (Å²) < 4.78 is 0. The summed E-state index contributed by atoms with van der Waals surface area (Å²) in [6, 6.07) is 8.24. The summed E-state index contributed by atoms with van der Waals surface area (Å²) in [7, 11) is 0. The normalized spacial score (nSPS) is 23.8. The largest absolute Gasteiger partial charge is 0.382 e. The van der Waals surface area contributed by atoms with Crippen molar-refractivity contribution in [2.24, 2.45) is 5.41 Å². The van der Waals surface area contributed by atoms with E-state index < -0.39 is 0 Å². The van der Waals surface area contributed by atoms with Gasteiger partial charge in [-0.1, -0.05) is 20.8 Å². The molecule has 4 nitrogen and oxygen atoms in total. The fraction of sp³-hybridized carbons (Fsp3) is 0.632. The molecule has 1 atom stereocenters. The van der Waals surface area contributed by atoms with Crippen LogP contribution < -0.4 is 10.6 Å². The van der Waals surface area contributed by atoms with Gasteiger partial charge in [-0.3, -0.25) is 5.10 Å². The van der Waals surface area contributed by atoms with Gasteiger partial charge in [-0.25, -0.2) is 0 Å². The first-order valence-electron chi connectivity index (χ1n) is 8.87. The van der Waals surface area contributed by atoms with E-state index in [9.17, 15) is 0 Å². The highest BCUT2D eigenvalue weighted by Gasteiger charge is 2.26. The Bertz CT molecular complexity index is 632. The van der Waals surface area contributed by atoms with Gasteiger partial charge in [-0.15, -0.1) is 0 Å². The molecule has 23 heavy (non-hydrogen) atoms. The van der Waals surface area contributed by atoms with Crippen LogP contribution in [-0.4, -0.2) is 28.3 Å². The van der Waals surface area contributed by atoms with Crippen LogP contribution in [0.25, 0.3) is 10.9 Å². The Morgan fingerprint density at radius 3 is 2.52 bits per heavy atom. The third kappa shape index (κ3) is 4.05. The molecule has 1 aliphatic carbocycles. The first kappa shape index (κ1) is 16.3. The third-order valence-corrected chi connectivity index (χ3v) is 5.32. The molecule has 0 radical (unpaired) electrons. The van der Waals surface area contributed by atoms with E-state index in [0.717, 1.165) is 5.52 Å². The number of hydrogen-bond donors (Lipinski definition) is 3. The maximum Gasteiger partial charge on any atom is 0.0651 e. The van der Waals surface area contributed by atoms with Gasteiger partial charge in [0, 0.05) is 29.2 Å². The second kappa shape index (κ2) is 6.52. The lowest BCUT2D eigenvalue weighted by molar-refractivity contribution is 0.234. The van der Waals surface area contributed by atoms with Crippen LogP contribution in [0.15, 0.2) is 24.4 Å². The molecule has 3 rings (SSSR count). The molecular formula is C19H30N4. The predicted molar refractivity (Wildman–Crippen MR) is 97.8 cm³/mol. The third-order valence-electron chi connectivity index (χ3n) is 5.32. The van der Waals surface area contributed by atoms with Crippen molar-refractivity contribution in [3.05, 3.63) is 24.4 Å². The van der Waals surface area contributed by atoms with Gasteiger partial charge >= 0.3 is 0 Å². The zero-order valence-electron chi connectivity index (χ0n) is 14.8. The molecule has 1 heterocycles. The van der Waals surface area contributed by atoms with Crippen molar-refractivity contribution in [3.63, 3.8) is 0 Å². The number of fused-ring (bicyclic) bond motifs is 1. The Kier molecular flexibility index (Phi) is 4.62. The fourth-order valence-electron chi connectivity index (χ4n) is 3.28. The maximum absolute atomic E-state index is 4.09. The fourth-order valence-corrected chi connectivity index (χ4v) is 3.28. The number of H-pyrrole nitrogens is 1. The second-order valence-electron chi connectivity index (χ2n) is 8.12. The van der Waals surface area contributed by atoms with E-state index in [4.69, 9.17) is 0 Å². The van der Waals surface area contributed by atoms with Crippen LogP contribution in [0.3, 0.4) is 0 Å². The van der Waals surface area contributed by atoms with Gasteiger partial charge in [-0.05, 0) is 56.2 Å². The van der Waals surface area contributed by atoms with E-state index in [2.05, 4.69) is 66.7 Å². The lowest BCUT2D eigenvalue weighted by Crippen LogP contribution is -2.46. The zero-order chi connectivity index (χ0) is 16.4. The Labute approximate surface area is 139 Å². The van der Waals surface area contributed by atoms with Crippen LogP contribution in [0.2, 0.25) is 0 Å². The van der Waals surface area contributed by atoms with Gasteiger partial charge in [0.1, 0.15) is 0 Å². The lowest BCUT2D eigenvalue weighted by atomic mass is 9.85. The number of aromatic nitrogens is 2. The smallest absolute Gasteiger partial charge is 0.0651 e. The number of nitrogens with one attached hydrogen (secondary N) is 3. The summed E-state index contributed by atoms with van der Waals surface area (Å²) in [6.45, 7) is 9.24. The van der Waals surface area contributed by atoms with E-state index in [-0.39, 0.29) is 0 Å². The van der Waals surface area contributed by atoms with Gasteiger partial charge in [0.2, 0.25) is 0 Å². The lowest BCUT2D eigenvalue weighted by Gasteiger charge is -2.36. The summed E-state index contributed by atoms with van der Waals surface area (Å²) in [5.41, 5.74) is 2.63. The molecule has 0 amide bonds. The number of hydrogen-bond acceptors (Lipinski definition) is 3. The highest BCUT2D eigenvalue weighted by Crippen LogP contribution is 2.26. The topological polar surface area (TPSA) is 52.7 Å². The molecule has 0 spiro atoms. The highest BCUT2D eigenvalue weighted by atomic mass is 15.1. The van der Waals surface area contributed by atoms with Crippen molar-refractivity contribution < 1.29 is 0 Å². The van der Waals surface area contributed by atoms with Crippen molar-refractivity contribution in [3.8, 4) is 0 Å². The summed E-state index contributed by atoms with van der Waals surface area (Å²) in [5.74, 6) is 0. The molecular weight excluding hydrogens is 284 g/mol. The number of anilines is 1. The summed E-state index contributed by atoms with van der Waals surface area (Å²) >= 11 is 0. The standard InChI is InChI=1S/C19H30N4/c1-13(19(2,3)4)21-15-5-7-16(8-6-15)22-17-9-10-18-14(11-17)12-20-23-18/h9-13,15-16,21-22H,5-8H2,1-4H3,(H,20,23)/t13?,15-,16-. The number of aromatic amines is 1. The molecule has 4 heteroatoms. The van der Waals surface area contributed by atoms with Crippen LogP contribution in [0.1, 0.15) is 53.4 Å². The van der Waals surface area contributed by atoms with E-state index in [1.807, 2.05) is 6.20 Å². The van der Waals surface area contributed by atoms with E-state index in [0.29, 0.717) is 23.5 Å². The molecule has 1 unspecified atom stereocenters. The van der Waals surface area contributed by atoms with Gasteiger partial charge in [0.15, 0.2) is 0 Å². The SMILES string of the molecule is CC(N[C@H]1CC[C@H](Nc2ccc3[nH]ncc3c2)CC1)C(C)(C)C. The molecule has 1 aliphatic rings. The molecule has 2 aromatic rings. The average molecular weight is 314 g/mol. The van der Waals surface area contributed by atoms with Gasteiger partial charge in [-0.2, -0.15) is 5.10 Å². The van der Waals surface area contributed by atoms with Crippen molar-refractivity contribution in [1.29, 1.82) is 0 Å². The van der Waals surface area contributed by atoms with E-state index >= 15 is 0 Å². The van der Waals surface area contributed by atoms with E-state index in [1.54, 1.807) is 0 Å². The van der Waals surface area contributed by atoms with Gasteiger partial charge in [0.25, 0.3) is 0 Å². The number of nitrogens with zero attached hydrogens (tertiary/aromatic N) is 1. The number of rotatable bonds is 4. The molecule has 1 aromatic carbocycles. The van der Waals surface area contributed by atoms with Crippen molar-refractivity contribution in [1.82, 2.24) is 15.5 Å². The van der Waals surface area contributed by atoms with Crippen LogP contribution in [0.5, 0.6) is 0 Å². The molecule has 0 bridgehead atoms. The second-order valence-corrected chi connectivity index (χ2v) is 8.12. The maximum atomic E-state index is 4.09. The van der Waals surface area contributed by atoms with E-state index in [1.165, 1.54) is 36.8 Å². The van der Waals surface area contributed by atoms with Crippen molar-refractivity contribution >= 4 is 16.6 Å². The van der Waals surface area contributed by atoms with Gasteiger partial charge in [0.05, 0.1) is 11.7 Å². The molecule has 126 valence electrons. The van der Waals surface area contributed by atoms with Gasteiger partial charge < -0.3 is 10.6 Å². The first-order valence-corrected chi connectivity index (χ1v) is 8.87. The Hall–Kier alpha value is -1.55. The predicted octanol–water partition coefficient (Wildman–Crippen LogP) is 4.31. The average Bonchev–Trinajstić information content (AvgIpc) is 2.96. The Balaban J connectivity index is 1.51. The minimum absolute atomic E-state index is 0.328. The van der Waals surface area contributed by atoms with Crippen molar-refractivity contribution in [2.75, 3.05) is 5.32 Å². The van der Waals surface area contributed by atoms with Crippen LogP contribution >= 0.6 is 0 Å². The zero-order valence-corrected chi connectivity index (χ0v) is 14.8. The summed E-state index contributed by atoms with van der Waals surface area (Å²) in [6.07, 6.45) is 6.86. The summed E-state index contributed by atoms with van der Waals surface area (Å²) in [5, 5.41) is 15.8. The minimum atomic E-state index is 0.328. The summed E-state index contributed by atoms with van der Waals surface area (Å²) in [4.78, 5) is 0. The Morgan fingerprint density at radius 2 is 1.83 bits per heavy atom. The molecule has 1 fully saturated rings. The monoisotopic (exact) mass is 314 g/mol. The molecule has 0 saturated heterocycles. The highest BCUT2D eigenvalue weighted by molar-refractivity contribution is 5.81. The minimum Gasteiger partial charge on any atom is -0.382 e. The molecule has 0 aliphatic heterocycles. The quantitative estimate of drug-likeness (QED) is 0.788.